The maximum atomic E-state index is 12.5. The summed E-state index contributed by atoms with van der Waals surface area (Å²) in [4.78, 5) is 44.7. The lowest BCUT2D eigenvalue weighted by Gasteiger charge is -2.37. The fourth-order valence-electron chi connectivity index (χ4n) is 3.78. The van der Waals surface area contributed by atoms with Gasteiger partial charge in [-0.2, -0.15) is 0 Å². The number of hydrogen-bond donors (Lipinski definition) is 0. The molecule has 25 heavy (non-hydrogen) atoms. The summed E-state index contributed by atoms with van der Waals surface area (Å²) in [7, 11) is 0. The standard InChI is InChI=1S/C18H20N4O3/c23-16-11-13(19-15-7-3-4-8-22(15)16)12-20-9-10-21(18(25)17(20)24)14-5-1-2-6-14/h3-4,7-8,11,14H,1-2,5-6,9-10,12H2. The van der Waals surface area contributed by atoms with Crippen molar-refractivity contribution in [2.24, 2.45) is 0 Å². The molecule has 7 nitrogen and oxygen atoms in total. The van der Waals surface area contributed by atoms with Gasteiger partial charge in [-0.1, -0.05) is 18.9 Å². The van der Waals surface area contributed by atoms with Gasteiger partial charge < -0.3 is 9.80 Å². The smallest absolute Gasteiger partial charge is 0.312 e. The summed E-state index contributed by atoms with van der Waals surface area (Å²) in [6, 6.07) is 6.95. The largest absolute Gasteiger partial charge is 0.330 e. The number of nitrogens with zero attached hydrogens (tertiary/aromatic N) is 4. The molecule has 2 aliphatic rings. The third kappa shape index (κ3) is 2.90. The highest BCUT2D eigenvalue weighted by atomic mass is 16.2. The van der Waals surface area contributed by atoms with Crippen molar-refractivity contribution in [3.8, 4) is 0 Å². The molecule has 2 aromatic heterocycles. The van der Waals surface area contributed by atoms with Gasteiger partial charge in [-0.3, -0.25) is 18.8 Å². The van der Waals surface area contributed by atoms with E-state index in [0.29, 0.717) is 24.4 Å². The fraction of sp³-hybridized carbons (Fsp3) is 0.444. The molecule has 0 spiro atoms. The first-order chi connectivity index (χ1) is 12.1. The second kappa shape index (κ2) is 6.31. The second-order valence-electron chi connectivity index (χ2n) is 6.68. The molecule has 1 saturated heterocycles. The third-order valence-corrected chi connectivity index (χ3v) is 5.08. The van der Waals surface area contributed by atoms with E-state index in [-0.39, 0.29) is 18.1 Å². The summed E-state index contributed by atoms with van der Waals surface area (Å²) in [5.41, 5.74) is 0.851. The van der Waals surface area contributed by atoms with Crippen LogP contribution in [0, 0.1) is 0 Å². The Balaban J connectivity index is 1.53. The highest BCUT2D eigenvalue weighted by molar-refractivity contribution is 6.35. The van der Waals surface area contributed by atoms with E-state index < -0.39 is 11.8 Å². The van der Waals surface area contributed by atoms with Gasteiger partial charge in [0.15, 0.2) is 0 Å². The van der Waals surface area contributed by atoms with Crippen LogP contribution in [0.1, 0.15) is 31.4 Å². The Labute approximate surface area is 144 Å². The molecule has 4 rings (SSSR count). The summed E-state index contributed by atoms with van der Waals surface area (Å²) in [6.45, 7) is 1.22. The van der Waals surface area contributed by atoms with Crippen molar-refractivity contribution in [2.75, 3.05) is 13.1 Å². The van der Waals surface area contributed by atoms with Crippen molar-refractivity contribution in [1.29, 1.82) is 0 Å². The normalized spacial score (nSPS) is 19.2. The average Bonchev–Trinajstić information content (AvgIpc) is 3.14. The lowest BCUT2D eigenvalue weighted by molar-refractivity contribution is -0.158. The topological polar surface area (TPSA) is 75.0 Å². The molecule has 0 bridgehead atoms. The van der Waals surface area contributed by atoms with E-state index in [1.165, 1.54) is 15.4 Å². The predicted molar refractivity (Wildman–Crippen MR) is 90.8 cm³/mol. The Bertz CT molecular complexity index is 885. The highest BCUT2D eigenvalue weighted by Crippen LogP contribution is 2.25. The Morgan fingerprint density at radius 2 is 1.84 bits per heavy atom. The average molecular weight is 340 g/mol. The van der Waals surface area contributed by atoms with Gasteiger partial charge >= 0.3 is 11.8 Å². The Hall–Kier alpha value is -2.70. The predicted octanol–water partition coefficient (Wildman–Crippen LogP) is 0.808. The zero-order chi connectivity index (χ0) is 17.4. The van der Waals surface area contributed by atoms with E-state index >= 15 is 0 Å². The van der Waals surface area contributed by atoms with Crippen LogP contribution in [0.25, 0.3) is 5.65 Å². The minimum Gasteiger partial charge on any atom is -0.330 e. The van der Waals surface area contributed by atoms with Crippen LogP contribution in [0.3, 0.4) is 0 Å². The van der Waals surface area contributed by atoms with Crippen molar-refractivity contribution >= 4 is 17.5 Å². The zero-order valence-electron chi connectivity index (χ0n) is 13.9. The van der Waals surface area contributed by atoms with E-state index in [1.807, 2.05) is 0 Å². The molecular formula is C18H20N4O3. The number of carbonyl (C=O) groups excluding carboxylic acids is 2. The molecule has 3 heterocycles. The lowest BCUT2D eigenvalue weighted by atomic mass is 10.1. The lowest BCUT2D eigenvalue weighted by Crippen LogP contribution is -2.56. The van der Waals surface area contributed by atoms with Crippen molar-refractivity contribution in [3.05, 3.63) is 46.5 Å². The molecule has 7 heteroatoms. The molecule has 2 aromatic rings. The van der Waals surface area contributed by atoms with Crippen molar-refractivity contribution in [2.45, 2.75) is 38.3 Å². The molecule has 1 aliphatic carbocycles. The number of carbonyl (C=O) groups is 2. The van der Waals surface area contributed by atoms with Gasteiger partial charge in [0.2, 0.25) is 0 Å². The first-order valence-electron chi connectivity index (χ1n) is 8.71. The van der Waals surface area contributed by atoms with E-state index in [4.69, 9.17) is 0 Å². The molecule has 130 valence electrons. The van der Waals surface area contributed by atoms with Crippen LogP contribution in [0.4, 0.5) is 0 Å². The molecule has 2 amide bonds. The molecule has 1 aliphatic heterocycles. The number of amides is 2. The second-order valence-corrected chi connectivity index (χ2v) is 6.68. The minimum atomic E-state index is -0.492. The van der Waals surface area contributed by atoms with Gasteiger partial charge in [-0.15, -0.1) is 0 Å². The van der Waals surface area contributed by atoms with Crippen LogP contribution >= 0.6 is 0 Å². The zero-order valence-corrected chi connectivity index (χ0v) is 13.9. The number of pyridine rings is 1. The molecule has 0 aromatic carbocycles. The van der Waals surface area contributed by atoms with Crippen LogP contribution in [0.15, 0.2) is 35.3 Å². The Kier molecular flexibility index (Phi) is 3.99. The van der Waals surface area contributed by atoms with Crippen LogP contribution in [-0.2, 0) is 16.1 Å². The van der Waals surface area contributed by atoms with E-state index in [2.05, 4.69) is 4.98 Å². The molecule has 1 saturated carbocycles. The minimum absolute atomic E-state index is 0.184. The summed E-state index contributed by atoms with van der Waals surface area (Å²) in [5.74, 6) is -0.913. The summed E-state index contributed by atoms with van der Waals surface area (Å²) >= 11 is 0. The Morgan fingerprint density at radius 3 is 2.64 bits per heavy atom. The molecule has 0 unspecified atom stereocenters. The van der Waals surface area contributed by atoms with Gasteiger partial charge in [-0.25, -0.2) is 4.98 Å². The molecule has 0 atom stereocenters. The van der Waals surface area contributed by atoms with Crippen LogP contribution in [0.2, 0.25) is 0 Å². The highest BCUT2D eigenvalue weighted by Gasteiger charge is 2.37. The monoisotopic (exact) mass is 340 g/mol. The maximum Gasteiger partial charge on any atom is 0.312 e. The van der Waals surface area contributed by atoms with Crippen LogP contribution in [-0.4, -0.2) is 50.1 Å². The van der Waals surface area contributed by atoms with E-state index in [0.717, 1.165) is 25.7 Å². The molecule has 0 N–H and O–H groups in total. The van der Waals surface area contributed by atoms with Crippen LogP contribution in [0.5, 0.6) is 0 Å². The number of aromatic nitrogens is 2. The van der Waals surface area contributed by atoms with Gasteiger partial charge in [0.05, 0.1) is 12.2 Å². The molecule has 2 fully saturated rings. The van der Waals surface area contributed by atoms with E-state index in [9.17, 15) is 14.4 Å². The van der Waals surface area contributed by atoms with E-state index in [1.54, 1.807) is 29.3 Å². The van der Waals surface area contributed by atoms with Crippen LogP contribution < -0.4 is 5.56 Å². The molecular weight excluding hydrogens is 320 g/mol. The first-order valence-corrected chi connectivity index (χ1v) is 8.71. The van der Waals surface area contributed by atoms with Gasteiger partial charge in [0.1, 0.15) is 5.65 Å². The number of piperazine rings is 1. The van der Waals surface area contributed by atoms with Crippen molar-refractivity contribution in [3.63, 3.8) is 0 Å². The maximum absolute atomic E-state index is 12.5. The number of fused-ring (bicyclic) bond motifs is 1. The molecule has 0 radical (unpaired) electrons. The van der Waals surface area contributed by atoms with Gasteiger partial charge in [0, 0.05) is 31.4 Å². The summed E-state index contributed by atoms with van der Waals surface area (Å²) in [5, 5.41) is 0. The third-order valence-electron chi connectivity index (χ3n) is 5.08. The summed E-state index contributed by atoms with van der Waals surface area (Å²) in [6.07, 6.45) is 5.88. The first kappa shape index (κ1) is 15.8. The summed E-state index contributed by atoms with van der Waals surface area (Å²) < 4.78 is 1.45. The quantitative estimate of drug-likeness (QED) is 0.775. The Morgan fingerprint density at radius 1 is 1.04 bits per heavy atom. The fourth-order valence-corrected chi connectivity index (χ4v) is 3.78. The van der Waals surface area contributed by atoms with Crippen molar-refractivity contribution < 1.29 is 9.59 Å². The van der Waals surface area contributed by atoms with Gasteiger partial charge in [0.25, 0.3) is 5.56 Å². The number of rotatable bonds is 3. The number of hydrogen-bond acceptors (Lipinski definition) is 4. The van der Waals surface area contributed by atoms with Crippen molar-refractivity contribution in [1.82, 2.24) is 19.2 Å². The van der Waals surface area contributed by atoms with Gasteiger partial charge in [-0.05, 0) is 25.0 Å². The SMILES string of the molecule is O=C1C(=O)N(C2CCCC2)CCN1Cc1cc(=O)n2ccccc2n1.